The van der Waals surface area contributed by atoms with E-state index < -0.39 is 0 Å². The zero-order chi connectivity index (χ0) is 8.43. The molecule has 0 aromatic heterocycles. The molecule has 0 saturated carbocycles. The van der Waals surface area contributed by atoms with E-state index in [0.717, 1.165) is 5.92 Å². The molecule has 4 atom stereocenters. The van der Waals surface area contributed by atoms with Crippen molar-refractivity contribution in [2.75, 3.05) is 0 Å². The molecular formula is C9H20N2. The molecule has 1 rings (SSSR count). The molecule has 0 bridgehead atoms. The smallest absolute Gasteiger partial charge is 0.0245 e. The molecule has 4 unspecified atom stereocenters. The number of nitrogens with two attached hydrogens (primary N) is 1. The molecule has 66 valence electrons. The summed E-state index contributed by atoms with van der Waals surface area (Å²) < 4.78 is 0. The Morgan fingerprint density at radius 1 is 1.64 bits per heavy atom. The van der Waals surface area contributed by atoms with Crippen LogP contribution in [0, 0.1) is 5.92 Å². The van der Waals surface area contributed by atoms with Crippen molar-refractivity contribution in [3.8, 4) is 0 Å². The summed E-state index contributed by atoms with van der Waals surface area (Å²) in [4.78, 5) is 0. The van der Waals surface area contributed by atoms with Crippen LogP contribution < -0.4 is 11.1 Å². The summed E-state index contributed by atoms with van der Waals surface area (Å²) in [6.45, 7) is 6.61. The van der Waals surface area contributed by atoms with E-state index in [-0.39, 0.29) is 0 Å². The molecule has 2 heteroatoms. The van der Waals surface area contributed by atoms with E-state index in [4.69, 9.17) is 5.73 Å². The minimum absolute atomic E-state index is 0.293. The van der Waals surface area contributed by atoms with E-state index in [2.05, 4.69) is 26.1 Å². The third kappa shape index (κ3) is 1.94. The van der Waals surface area contributed by atoms with Gasteiger partial charge in [0.1, 0.15) is 0 Å². The first kappa shape index (κ1) is 9.01. The van der Waals surface area contributed by atoms with Gasteiger partial charge in [-0.15, -0.1) is 0 Å². The third-order valence-electron chi connectivity index (χ3n) is 2.76. The highest BCUT2D eigenvalue weighted by Crippen LogP contribution is 2.22. The molecule has 0 radical (unpaired) electrons. The fourth-order valence-corrected chi connectivity index (χ4v) is 2.05. The van der Waals surface area contributed by atoms with Gasteiger partial charge in [-0.25, -0.2) is 0 Å². The Hall–Kier alpha value is -0.0800. The summed E-state index contributed by atoms with van der Waals surface area (Å²) in [7, 11) is 0. The molecule has 0 spiro atoms. The lowest BCUT2D eigenvalue weighted by Crippen LogP contribution is -2.43. The number of hydrogen-bond donors (Lipinski definition) is 2. The molecule has 1 fully saturated rings. The SMILES string of the molecule is CCC1CC(C)C(C(C)N)N1. The zero-order valence-electron chi connectivity index (χ0n) is 7.80. The van der Waals surface area contributed by atoms with E-state index >= 15 is 0 Å². The summed E-state index contributed by atoms with van der Waals surface area (Å²) in [5, 5.41) is 3.56. The van der Waals surface area contributed by atoms with Crippen molar-refractivity contribution in [2.24, 2.45) is 11.7 Å². The number of nitrogens with one attached hydrogen (secondary N) is 1. The van der Waals surface area contributed by atoms with Crippen molar-refractivity contribution in [1.82, 2.24) is 5.32 Å². The normalized spacial score (nSPS) is 40.9. The summed E-state index contributed by atoms with van der Waals surface area (Å²) in [5.41, 5.74) is 5.84. The van der Waals surface area contributed by atoms with Gasteiger partial charge < -0.3 is 11.1 Å². The average Bonchev–Trinajstić information content (AvgIpc) is 2.30. The Morgan fingerprint density at radius 2 is 2.27 bits per heavy atom. The van der Waals surface area contributed by atoms with Gasteiger partial charge in [0.05, 0.1) is 0 Å². The van der Waals surface area contributed by atoms with Gasteiger partial charge in [0, 0.05) is 18.1 Å². The Morgan fingerprint density at radius 3 is 2.55 bits per heavy atom. The van der Waals surface area contributed by atoms with Crippen LogP contribution in [0.5, 0.6) is 0 Å². The summed E-state index contributed by atoms with van der Waals surface area (Å²) in [5.74, 6) is 0.750. The minimum Gasteiger partial charge on any atom is -0.327 e. The van der Waals surface area contributed by atoms with Crippen LogP contribution in [0.4, 0.5) is 0 Å². The van der Waals surface area contributed by atoms with Crippen molar-refractivity contribution in [3.05, 3.63) is 0 Å². The Bertz CT molecular complexity index is 123. The highest BCUT2D eigenvalue weighted by Gasteiger charge is 2.31. The maximum absolute atomic E-state index is 5.84. The average molecular weight is 156 g/mol. The lowest BCUT2D eigenvalue weighted by atomic mass is 9.97. The summed E-state index contributed by atoms with van der Waals surface area (Å²) in [6.07, 6.45) is 2.52. The van der Waals surface area contributed by atoms with E-state index in [1.165, 1.54) is 12.8 Å². The van der Waals surface area contributed by atoms with E-state index in [1.54, 1.807) is 0 Å². The molecule has 0 aromatic rings. The van der Waals surface area contributed by atoms with Gasteiger partial charge >= 0.3 is 0 Å². The van der Waals surface area contributed by atoms with Crippen LogP contribution in [-0.2, 0) is 0 Å². The van der Waals surface area contributed by atoms with Crippen molar-refractivity contribution in [1.29, 1.82) is 0 Å². The highest BCUT2D eigenvalue weighted by atomic mass is 15.0. The monoisotopic (exact) mass is 156 g/mol. The van der Waals surface area contributed by atoms with Crippen LogP contribution in [-0.4, -0.2) is 18.1 Å². The Labute approximate surface area is 69.5 Å². The van der Waals surface area contributed by atoms with Gasteiger partial charge in [-0.05, 0) is 25.7 Å². The second-order valence-electron chi connectivity index (χ2n) is 3.87. The first-order valence-corrected chi connectivity index (χ1v) is 4.66. The predicted molar refractivity (Wildman–Crippen MR) is 48.4 cm³/mol. The van der Waals surface area contributed by atoms with Crippen LogP contribution in [0.25, 0.3) is 0 Å². The van der Waals surface area contributed by atoms with Crippen LogP contribution in [0.15, 0.2) is 0 Å². The largest absolute Gasteiger partial charge is 0.327 e. The second-order valence-corrected chi connectivity index (χ2v) is 3.87. The number of hydrogen-bond acceptors (Lipinski definition) is 2. The van der Waals surface area contributed by atoms with Crippen LogP contribution >= 0.6 is 0 Å². The molecule has 0 amide bonds. The van der Waals surface area contributed by atoms with Crippen molar-refractivity contribution < 1.29 is 0 Å². The summed E-state index contributed by atoms with van der Waals surface area (Å²) in [6, 6.07) is 1.54. The van der Waals surface area contributed by atoms with Crippen molar-refractivity contribution in [2.45, 2.75) is 51.7 Å². The van der Waals surface area contributed by atoms with E-state index in [0.29, 0.717) is 18.1 Å². The quantitative estimate of drug-likeness (QED) is 0.628. The maximum Gasteiger partial charge on any atom is 0.0245 e. The second kappa shape index (κ2) is 3.55. The standard InChI is InChI=1S/C9H20N2/c1-4-8-5-6(2)9(11-8)7(3)10/h6-9,11H,4-5,10H2,1-3H3. The third-order valence-corrected chi connectivity index (χ3v) is 2.76. The van der Waals surface area contributed by atoms with Crippen LogP contribution in [0.2, 0.25) is 0 Å². The molecule has 2 nitrogen and oxygen atoms in total. The van der Waals surface area contributed by atoms with Gasteiger partial charge in [-0.3, -0.25) is 0 Å². The highest BCUT2D eigenvalue weighted by molar-refractivity contribution is 4.92. The molecule has 0 aromatic carbocycles. The molecule has 3 N–H and O–H groups in total. The first-order valence-electron chi connectivity index (χ1n) is 4.66. The summed E-state index contributed by atoms with van der Waals surface area (Å²) >= 11 is 0. The molecular weight excluding hydrogens is 136 g/mol. The maximum atomic E-state index is 5.84. The van der Waals surface area contributed by atoms with Gasteiger partial charge in [0.25, 0.3) is 0 Å². The zero-order valence-corrected chi connectivity index (χ0v) is 7.80. The fourth-order valence-electron chi connectivity index (χ4n) is 2.05. The van der Waals surface area contributed by atoms with E-state index in [1.807, 2.05) is 0 Å². The van der Waals surface area contributed by atoms with Gasteiger partial charge in [-0.1, -0.05) is 13.8 Å². The van der Waals surface area contributed by atoms with E-state index in [9.17, 15) is 0 Å². The molecule has 11 heavy (non-hydrogen) atoms. The molecule has 1 aliphatic rings. The molecule has 1 heterocycles. The van der Waals surface area contributed by atoms with Gasteiger partial charge in [0.2, 0.25) is 0 Å². The van der Waals surface area contributed by atoms with Crippen LogP contribution in [0.3, 0.4) is 0 Å². The van der Waals surface area contributed by atoms with Crippen LogP contribution in [0.1, 0.15) is 33.6 Å². The van der Waals surface area contributed by atoms with Gasteiger partial charge in [0.15, 0.2) is 0 Å². The Kier molecular flexibility index (Phi) is 2.90. The first-order chi connectivity index (χ1) is 5.15. The number of rotatable bonds is 2. The van der Waals surface area contributed by atoms with Gasteiger partial charge in [-0.2, -0.15) is 0 Å². The minimum atomic E-state index is 0.293. The molecule has 1 aliphatic heterocycles. The lowest BCUT2D eigenvalue weighted by Gasteiger charge is -2.19. The molecule has 0 aliphatic carbocycles. The topological polar surface area (TPSA) is 38.0 Å². The predicted octanol–water partition coefficient (Wildman–Crippen LogP) is 1.11. The lowest BCUT2D eigenvalue weighted by molar-refractivity contribution is 0.416. The Balaban J connectivity index is 2.45. The van der Waals surface area contributed by atoms with Crippen molar-refractivity contribution in [3.63, 3.8) is 0 Å². The van der Waals surface area contributed by atoms with Crippen molar-refractivity contribution >= 4 is 0 Å². The fraction of sp³-hybridized carbons (Fsp3) is 1.00. The molecule has 1 saturated heterocycles.